The molecule has 0 spiro atoms. The van der Waals surface area contributed by atoms with Gasteiger partial charge in [0.15, 0.2) is 5.78 Å². The highest BCUT2D eigenvalue weighted by Gasteiger charge is 2.58. The van der Waals surface area contributed by atoms with E-state index in [2.05, 4.69) is 19.9 Å². The van der Waals surface area contributed by atoms with E-state index in [0.29, 0.717) is 11.8 Å². The van der Waals surface area contributed by atoms with Crippen LogP contribution in [0.5, 0.6) is 0 Å². The van der Waals surface area contributed by atoms with E-state index < -0.39 is 0 Å². The van der Waals surface area contributed by atoms with Gasteiger partial charge in [-0.15, -0.1) is 0 Å². The van der Waals surface area contributed by atoms with E-state index in [9.17, 15) is 9.90 Å². The van der Waals surface area contributed by atoms with Gasteiger partial charge in [-0.1, -0.05) is 25.5 Å². The molecule has 3 fully saturated rings. The van der Waals surface area contributed by atoms with Gasteiger partial charge in [0.25, 0.3) is 0 Å². The Morgan fingerprint density at radius 1 is 1.14 bits per heavy atom. The molecule has 0 saturated heterocycles. The summed E-state index contributed by atoms with van der Waals surface area (Å²) in [5.41, 5.74) is 1.59. The van der Waals surface area contributed by atoms with Gasteiger partial charge in [-0.25, -0.2) is 0 Å². The van der Waals surface area contributed by atoms with Crippen LogP contribution in [0.3, 0.4) is 0 Å². The average Bonchev–Trinajstić information content (AvgIpc) is 2.76. The Morgan fingerprint density at radius 3 is 2.76 bits per heavy atom. The Labute approximate surface area is 127 Å². The Bertz CT molecular complexity index is 546. The molecule has 1 N–H and O–H groups in total. The number of aliphatic hydroxyl groups is 1. The van der Waals surface area contributed by atoms with E-state index >= 15 is 0 Å². The number of aliphatic hydroxyl groups excluding tert-OH is 1. The van der Waals surface area contributed by atoms with Crippen LogP contribution in [0.15, 0.2) is 23.8 Å². The van der Waals surface area contributed by atoms with Gasteiger partial charge in [-0.3, -0.25) is 4.79 Å². The molecule has 0 aromatic rings. The quantitative estimate of drug-likeness (QED) is 0.738. The lowest BCUT2D eigenvalue weighted by Gasteiger charge is -2.56. The minimum absolute atomic E-state index is 0.0890. The van der Waals surface area contributed by atoms with Crippen LogP contribution in [0, 0.1) is 28.6 Å². The molecule has 2 heteroatoms. The second-order valence-corrected chi connectivity index (χ2v) is 8.24. The second-order valence-electron chi connectivity index (χ2n) is 8.24. The van der Waals surface area contributed by atoms with E-state index in [4.69, 9.17) is 0 Å². The summed E-state index contributed by atoms with van der Waals surface area (Å²) in [6.45, 7) is 4.66. The number of allylic oxidation sites excluding steroid dienone is 4. The first kappa shape index (κ1) is 13.8. The third-order valence-corrected chi connectivity index (χ3v) is 7.51. The lowest BCUT2D eigenvalue weighted by molar-refractivity contribution is -0.111. The van der Waals surface area contributed by atoms with Crippen molar-refractivity contribution in [2.45, 2.75) is 58.5 Å². The normalized spacial score (nSPS) is 52.0. The summed E-state index contributed by atoms with van der Waals surface area (Å²) >= 11 is 0. The highest BCUT2D eigenvalue weighted by molar-refractivity contribution is 6.01. The van der Waals surface area contributed by atoms with E-state index in [1.807, 2.05) is 6.08 Å². The summed E-state index contributed by atoms with van der Waals surface area (Å²) in [6, 6.07) is 0. The van der Waals surface area contributed by atoms with Crippen molar-refractivity contribution in [2.24, 2.45) is 28.6 Å². The van der Waals surface area contributed by atoms with Crippen molar-refractivity contribution in [1.29, 1.82) is 0 Å². The van der Waals surface area contributed by atoms with Crippen LogP contribution in [0.2, 0.25) is 0 Å². The van der Waals surface area contributed by atoms with Gasteiger partial charge < -0.3 is 5.11 Å². The molecule has 4 aliphatic rings. The van der Waals surface area contributed by atoms with Crippen molar-refractivity contribution < 1.29 is 9.90 Å². The van der Waals surface area contributed by atoms with Gasteiger partial charge in [0.2, 0.25) is 0 Å². The molecule has 2 nitrogen and oxygen atoms in total. The topological polar surface area (TPSA) is 37.3 Å². The van der Waals surface area contributed by atoms with Crippen molar-refractivity contribution in [3.8, 4) is 0 Å². The van der Waals surface area contributed by atoms with E-state index in [0.717, 1.165) is 25.2 Å². The number of rotatable bonds is 0. The predicted octanol–water partition coefficient (Wildman–Crippen LogP) is 3.66. The highest BCUT2D eigenvalue weighted by Crippen LogP contribution is 2.64. The second kappa shape index (κ2) is 4.32. The van der Waals surface area contributed by atoms with Crippen LogP contribution in [0.1, 0.15) is 52.4 Å². The first-order chi connectivity index (χ1) is 9.95. The maximum Gasteiger partial charge on any atom is 0.178 e. The smallest absolute Gasteiger partial charge is 0.178 e. The van der Waals surface area contributed by atoms with Gasteiger partial charge in [-0.2, -0.15) is 0 Å². The molecule has 3 saturated carbocycles. The SMILES string of the molecule is C[C@]12CC[C@@H]3[C@@H](CCC4=CC(=O)C=C[C@@]43C)[C@@H]1CC[C@H]2O. The number of fused-ring (bicyclic) bond motifs is 5. The number of carbonyl (C=O) groups excluding carboxylic acids is 1. The zero-order valence-corrected chi connectivity index (χ0v) is 13.1. The summed E-state index contributed by atoms with van der Waals surface area (Å²) < 4.78 is 0. The molecule has 4 rings (SSSR count). The third kappa shape index (κ3) is 1.72. The molecule has 0 heterocycles. The average molecular weight is 286 g/mol. The fourth-order valence-electron chi connectivity index (χ4n) is 6.17. The molecule has 6 atom stereocenters. The zero-order valence-electron chi connectivity index (χ0n) is 13.1. The maximum absolute atomic E-state index is 11.7. The summed E-state index contributed by atoms with van der Waals surface area (Å²) in [5.74, 6) is 2.22. The zero-order chi connectivity index (χ0) is 14.8. The molecule has 0 radical (unpaired) electrons. The lowest BCUT2D eigenvalue weighted by atomic mass is 9.48. The number of hydrogen-bond acceptors (Lipinski definition) is 2. The van der Waals surface area contributed by atoms with Crippen molar-refractivity contribution in [1.82, 2.24) is 0 Å². The molecule has 114 valence electrons. The molecule has 0 aliphatic heterocycles. The van der Waals surface area contributed by atoms with Crippen molar-refractivity contribution in [3.05, 3.63) is 23.8 Å². The standard InChI is InChI=1S/C19H26O2/c1-18-9-7-13(20)11-12(18)3-4-14-15-5-6-17(21)19(15,2)10-8-16(14)18/h7,9,11,14-17,21H,3-6,8,10H2,1-2H3/t14-,15-,16+,17+,18-,19-/m0/s1. The van der Waals surface area contributed by atoms with E-state index in [1.165, 1.54) is 24.8 Å². The van der Waals surface area contributed by atoms with Crippen LogP contribution in [-0.4, -0.2) is 17.0 Å². The summed E-state index contributed by atoms with van der Waals surface area (Å²) in [7, 11) is 0. The molecule has 0 bridgehead atoms. The van der Waals surface area contributed by atoms with Crippen molar-refractivity contribution in [3.63, 3.8) is 0 Å². The van der Waals surface area contributed by atoms with Crippen molar-refractivity contribution >= 4 is 5.78 Å². The number of hydrogen-bond donors (Lipinski definition) is 1. The van der Waals surface area contributed by atoms with Gasteiger partial charge in [-0.05, 0) is 73.8 Å². The van der Waals surface area contributed by atoms with Crippen LogP contribution in [0.25, 0.3) is 0 Å². The fourth-order valence-corrected chi connectivity index (χ4v) is 6.17. The lowest BCUT2D eigenvalue weighted by Crippen LogP contribution is -2.50. The highest BCUT2D eigenvalue weighted by atomic mass is 16.3. The number of ketones is 1. The Balaban J connectivity index is 1.70. The van der Waals surface area contributed by atoms with Gasteiger partial charge in [0.1, 0.15) is 0 Å². The summed E-state index contributed by atoms with van der Waals surface area (Å²) in [5, 5.41) is 10.4. The first-order valence-corrected chi connectivity index (χ1v) is 8.57. The summed E-state index contributed by atoms with van der Waals surface area (Å²) in [4.78, 5) is 11.7. The van der Waals surface area contributed by atoms with Gasteiger partial charge in [0, 0.05) is 5.41 Å². The Morgan fingerprint density at radius 2 is 1.95 bits per heavy atom. The minimum Gasteiger partial charge on any atom is -0.393 e. The number of carbonyl (C=O) groups is 1. The van der Waals surface area contributed by atoms with Crippen LogP contribution >= 0.6 is 0 Å². The largest absolute Gasteiger partial charge is 0.393 e. The fraction of sp³-hybridized carbons (Fsp3) is 0.737. The van der Waals surface area contributed by atoms with Gasteiger partial charge >= 0.3 is 0 Å². The third-order valence-electron chi connectivity index (χ3n) is 7.51. The summed E-state index contributed by atoms with van der Waals surface area (Å²) in [6.07, 6.45) is 12.6. The molecule has 0 aromatic carbocycles. The molecule has 4 aliphatic carbocycles. The minimum atomic E-state index is -0.100. The van der Waals surface area contributed by atoms with Crippen LogP contribution in [-0.2, 0) is 4.79 Å². The predicted molar refractivity (Wildman–Crippen MR) is 82.6 cm³/mol. The maximum atomic E-state index is 11.7. The van der Waals surface area contributed by atoms with E-state index in [1.54, 1.807) is 6.08 Å². The van der Waals surface area contributed by atoms with Crippen LogP contribution < -0.4 is 0 Å². The molecule has 21 heavy (non-hydrogen) atoms. The molecule has 0 aromatic heterocycles. The Kier molecular flexibility index (Phi) is 2.83. The monoisotopic (exact) mass is 286 g/mol. The van der Waals surface area contributed by atoms with E-state index in [-0.39, 0.29) is 22.7 Å². The molecular weight excluding hydrogens is 260 g/mol. The first-order valence-electron chi connectivity index (χ1n) is 8.57. The molecule has 0 amide bonds. The van der Waals surface area contributed by atoms with Crippen molar-refractivity contribution in [2.75, 3.05) is 0 Å². The van der Waals surface area contributed by atoms with Crippen LogP contribution in [0.4, 0.5) is 0 Å². The Hall–Kier alpha value is -0.890. The molecule has 0 unspecified atom stereocenters. The molecular formula is C19H26O2. The van der Waals surface area contributed by atoms with Gasteiger partial charge in [0.05, 0.1) is 6.10 Å².